The molecule has 9 heteroatoms. The van der Waals surface area contributed by atoms with Crippen LogP contribution >= 0.6 is 0 Å². The van der Waals surface area contributed by atoms with E-state index in [4.69, 9.17) is 9.57 Å². The van der Waals surface area contributed by atoms with Crippen molar-refractivity contribution in [3.8, 4) is 0 Å². The monoisotopic (exact) mass is 438 g/mol. The van der Waals surface area contributed by atoms with Crippen LogP contribution in [0.1, 0.15) is 45.4 Å². The van der Waals surface area contributed by atoms with Crippen molar-refractivity contribution in [3.05, 3.63) is 0 Å². The van der Waals surface area contributed by atoms with E-state index in [2.05, 4.69) is 21.0 Å². The van der Waals surface area contributed by atoms with Crippen LogP contribution in [0.5, 0.6) is 0 Å². The average molecular weight is 439 g/mol. The van der Waals surface area contributed by atoms with Gasteiger partial charge in [0, 0.05) is 71.1 Å². The van der Waals surface area contributed by atoms with E-state index in [9.17, 15) is 4.79 Å². The fourth-order valence-electron chi connectivity index (χ4n) is 6.63. The number of rotatable bonds is 4. The van der Waals surface area contributed by atoms with E-state index >= 15 is 0 Å². The number of hydrogen-bond donors (Lipinski definition) is 4. The normalized spacial score (nSPS) is 41.0. The van der Waals surface area contributed by atoms with Gasteiger partial charge in [0.25, 0.3) is 0 Å². The second-order valence-electron chi connectivity index (χ2n) is 10.2. The first-order chi connectivity index (χ1) is 15.2. The van der Waals surface area contributed by atoms with Crippen LogP contribution in [0, 0.1) is 5.92 Å². The summed E-state index contributed by atoms with van der Waals surface area (Å²) in [7, 11) is 0. The minimum Gasteiger partial charge on any atom is -0.379 e. The highest BCUT2D eigenvalue weighted by Crippen LogP contribution is 2.21. The van der Waals surface area contributed by atoms with Crippen molar-refractivity contribution in [2.75, 3.05) is 52.5 Å². The predicted octanol–water partition coefficient (Wildman–Crippen LogP) is -2.55. The molecule has 0 spiro atoms. The maximum Gasteiger partial charge on any atom is 0.219 e. The highest BCUT2D eigenvalue weighted by atomic mass is 16.7. The number of morpholine rings is 1. The fraction of sp³-hybridized carbons (Fsp3) is 0.955. The van der Waals surface area contributed by atoms with Crippen LogP contribution in [0.4, 0.5) is 0 Å². The molecule has 0 aromatic carbocycles. The van der Waals surface area contributed by atoms with E-state index < -0.39 is 0 Å². The molecule has 0 saturated carbocycles. The molecule has 6 unspecified atom stereocenters. The lowest BCUT2D eigenvalue weighted by atomic mass is 9.94. The molecule has 5 aliphatic rings. The Hall–Kier alpha value is -0.810. The minimum atomic E-state index is 0.102. The third-order valence-corrected chi connectivity index (χ3v) is 8.48. The van der Waals surface area contributed by atoms with Crippen LogP contribution in [-0.4, -0.2) is 98.8 Å². The first-order valence-corrected chi connectivity index (χ1v) is 12.6. The lowest BCUT2D eigenvalue weighted by Crippen LogP contribution is -3.19. The summed E-state index contributed by atoms with van der Waals surface area (Å²) in [5, 5.41) is 6.35. The number of carbonyl (C=O) groups excluding carboxylic acids is 1. The summed E-state index contributed by atoms with van der Waals surface area (Å²) in [6, 6.07) is 1.17. The molecule has 6 atom stereocenters. The van der Waals surface area contributed by atoms with Crippen molar-refractivity contribution >= 4 is 5.91 Å². The number of nitrogens with one attached hydrogen (secondary N) is 3. The van der Waals surface area contributed by atoms with Gasteiger partial charge in [-0.15, -0.1) is 0 Å². The van der Waals surface area contributed by atoms with Gasteiger partial charge in [0.1, 0.15) is 12.2 Å². The number of carbonyl (C=O) groups is 1. The second-order valence-corrected chi connectivity index (χ2v) is 10.2. The van der Waals surface area contributed by atoms with E-state index in [0.29, 0.717) is 24.2 Å². The average Bonchev–Trinajstić information content (AvgIpc) is 3.50. The Morgan fingerprint density at radius 2 is 1.87 bits per heavy atom. The van der Waals surface area contributed by atoms with Crippen LogP contribution < -0.4 is 21.0 Å². The van der Waals surface area contributed by atoms with Crippen LogP contribution in [0.3, 0.4) is 0 Å². The van der Waals surface area contributed by atoms with Crippen LogP contribution in [0.2, 0.25) is 0 Å². The van der Waals surface area contributed by atoms with E-state index in [1.165, 1.54) is 32.2 Å². The minimum absolute atomic E-state index is 0.102. The van der Waals surface area contributed by atoms with Gasteiger partial charge in [0.05, 0.1) is 38.5 Å². The number of likely N-dealkylation sites (tertiary alicyclic amines) is 2. The molecular formula is C22H42N6O3+2. The van der Waals surface area contributed by atoms with Gasteiger partial charge in [0.15, 0.2) is 6.23 Å². The fourth-order valence-corrected chi connectivity index (χ4v) is 6.63. The Morgan fingerprint density at radius 3 is 2.58 bits per heavy atom. The number of nitrogens with zero attached hydrogens (tertiary/aromatic N) is 2. The third kappa shape index (κ3) is 4.93. The first-order valence-electron chi connectivity index (χ1n) is 12.6. The summed E-state index contributed by atoms with van der Waals surface area (Å²) in [4.78, 5) is 24.1. The maximum absolute atomic E-state index is 11.7. The topological polar surface area (TPSA) is 87.1 Å². The molecule has 5 saturated heterocycles. The zero-order valence-electron chi connectivity index (χ0n) is 19.1. The van der Waals surface area contributed by atoms with Crippen LogP contribution in [-0.2, 0) is 14.4 Å². The van der Waals surface area contributed by atoms with Gasteiger partial charge >= 0.3 is 0 Å². The molecule has 176 valence electrons. The summed E-state index contributed by atoms with van der Waals surface area (Å²) in [6.45, 7) is 9.81. The van der Waals surface area contributed by atoms with Crippen LogP contribution in [0.25, 0.3) is 0 Å². The number of amides is 1. The number of quaternary nitrogens is 2. The molecule has 5 N–H and O–H groups in total. The van der Waals surface area contributed by atoms with Crippen molar-refractivity contribution in [1.29, 1.82) is 0 Å². The van der Waals surface area contributed by atoms with Crippen molar-refractivity contribution in [2.45, 2.75) is 76.1 Å². The molecule has 0 aliphatic carbocycles. The number of ether oxygens (including phenoxy) is 1. The largest absolute Gasteiger partial charge is 0.379 e. The molecule has 5 aliphatic heterocycles. The standard InChI is InChI=1S/C22H40N6O3/c1-16(29)26-9-6-18(7-10-26)28-8-2-3-19(28)22-24-21(25-31-22)17-4-5-20(23-15-17)27-11-13-30-14-12-27/h17-25H,2-15H2,1H3/p+2. The SMILES string of the molecule is CC(=O)N1CCC([NH+]2CCCC2C2NC(C3CCC(N4CCOCC4)[NH2+]C3)NO2)CC1. The molecular weight excluding hydrogens is 396 g/mol. The highest BCUT2D eigenvalue weighted by molar-refractivity contribution is 5.73. The molecule has 0 aromatic heterocycles. The maximum atomic E-state index is 11.7. The molecule has 5 rings (SSSR count). The van der Waals surface area contributed by atoms with E-state index in [0.717, 1.165) is 58.8 Å². The van der Waals surface area contributed by atoms with Gasteiger partial charge in [-0.25, -0.2) is 4.90 Å². The summed E-state index contributed by atoms with van der Waals surface area (Å²) in [5.74, 6) is 0.824. The molecule has 5 fully saturated rings. The molecule has 1 amide bonds. The molecule has 31 heavy (non-hydrogen) atoms. The van der Waals surface area contributed by atoms with Gasteiger partial charge in [-0.05, 0) is 6.42 Å². The molecule has 0 bridgehead atoms. The lowest BCUT2D eigenvalue weighted by Gasteiger charge is -2.38. The van der Waals surface area contributed by atoms with Gasteiger partial charge < -0.3 is 19.9 Å². The van der Waals surface area contributed by atoms with Gasteiger partial charge in [0.2, 0.25) is 5.91 Å². The quantitative estimate of drug-likeness (QED) is 0.387. The third-order valence-electron chi connectivity index (χ3n) is 8.48. The summed E-state index contributed by atoms with van der Waals surface area (Å²) in [5.41, 5.74) is 3.36. The summed E-state index contributed by atoms with van der Waals surface area (Å²) in [6.07, 6.45) is 8.20. The number of hydroxylamine groups is 1. The molecule has 9 nitrogen and oxygen atoms in total. The summed E-state index contributed by atoms with van der Waals surface area (Å²) >= 11 is 0. The van der Waals surface area contributed by atoms with Crippen molar-refractivity contribution in [2.24, 2.45) is 5.92 Å². The van der Waals surface area contributed by atoms with Crippen molar-refractivity contribution in [1.82, 2.24) is 20.6 Å². The number of hydrogen-bond acceptors (Lipinski definition) is 6. The predicted molar refractivity (Wildman–Crippen MR) is 115 cm³/mol. The second kappa shape index (κ2) is 9.99. The van der Waals surface area contributed by atoms with Crippen molar-refractivity contribution in [3.63, 3.8) is 0 Å². The van der Waals surface area contributed by atoms with Gasteiger partial charge in [-0.2, -0.15) is 5.48 Å². The van der Waals surface area contributed by atoms with E-state index in [1.54, 1.807) is 11.8 Å². The Kier molecular flexibility index (Phi) is 7.09. The van der Waals surface area contributed by atoms with E-state index in [-0.39, 0.29) is 18.3 Å². The van der Waals surface area contributed by atoms with Gasteiger partial charge in [-0.1, -0.05) is 0 Å². The Bertz CT molecular complexity index is 602. The first kappa shape index (κ1) is 22.0. The zero-order valence-corrected chi connectivity index (χ0v) is 19.1. The molecule has 0 aromatic rings. The van der Waals surface area contributed by atoms with Gasteiger partial charge in [-0.3, -0.25) is 14.9 Å². The number of piperidine rings is 2. The summed E-state index contributed by atoms with van der Waals surface area (Å²) < 4.78 is 5.51. The van der Waals surface area contributed by atoms with Crippen molar-refractivity contribution < 1.29 is 24.6 Å². The highest BCUT2D eigenvalue weighted by Gasteiger charge is 2.46. The Balaban J connectivity index is 1.10. The molecule has 0 radical (unpaired) electrons. The number of nitrogens with two attached hydrogens (primary N) is 1. The zero-order chi connectivity index (χ0) is 21.2. The molecule has 5 heterocycles. The van der Waals surface area contributed by atoms with Crippen LogP contribution in [0.15, 0.2) is 0 Å². The smallest absolute Gasteiger partial charge is 0.219 e. The Labute approximate surface area is 186 Å². The Morgan fingerprint density at radius 1 is 1.06 bits per heavy atom. The van der Waals surface area contributed by atoms with E-state index in [1.807, 2.05) is 4.90 Å². The lowest BCUT2D eigenvalue weighted by molar-refractivity contribution is -0.942.